The van der Waals surface area contributed by atoms with E-state index in [1.807, 2.05) is 25.7 Å². The fraction of sp³-hybridized carbons (Fsp3) is 0.864. The molecule has 3 amide bonds. The summed E-state index contributed by atoms with van der Waals surface area (Å²) >= 11 is 0. The normalized spacial score (nSPS) is 30.3. The molecule has 0 aromatic carbocycles. The molecule has 2 atom stereocenters. The van der Waals surface area contributed by atoms with Crippen LogP contribution in [0.25, 0.3) is 0 Å². The zero-order valence-corrected chi connectivity index (χ0v) is 18.8. The van der Waals surface area contributed by atoms with E-state index in [2.05, 4.69) is 6.92 Å². The molecule has 0 bridgehead atoms. The summed E-state index contributed by atoms with van der Waals surface area (Å²) in [5.41, 5.74) is -0.552. The van der Waals surface area contributed by atoms with Gasteiger partial charge in [-0.3, -0.25) is 14.5 Å². The van der Waals surface area contributed by atoms with Crippen LogP contribution in [0.15, 0.2) is 0 Å². The third kappa shape index (κ3) is 4.90. The molecule has 1 aliphatic carbocycles. The van der Waals surface area contributed by atoms with Crippen LogP contribution in [0.5, 0.6) is 0 Å². The Bertz CT molecular complexity index is 648. The lowest BCUT2D eigenvalue weighted by molar-refractivity contribution is -0.146. The summed E-state index contributed by atoms with van der Waals surface area (Å²) in [6.07, 6.45) is 3.30. The van der Waals surface area contributed by atoms with E-state index in [9.17, 15) is 19.5 Å². The smallest absolute Gasteiger partial charge is 0.408 e. The minimum absolute atomic E-state index is 0.0527. The molecule has 3 aliphatic rings. The van der Waals surface area contributed by atoms with Crippen molar-refractivity contribution in [2.75, 3.05) is 32.8 Å². The Kier molecular flexibility index (Phi) is 6.95. The van der Waals surface area contributed by atoms with Gasteiger partial charge in [-0.1, -0.05) is 27.7 Å². The maximum atomic E-state index is 13.4. The largest absolute Gasteiger partial charge is 0.465 e. The van der Waals surface area contributed by atoms with Crippen LogP contribution in [-0.2, 0) is 14.3 Å². The quantitative estimate of drug-likeness (QED) is 0.753. The second kappa shape index (κ2) is 9.12. The molecule has 1 saturated carbocycles. The minimum atomic E-state index is -1.09. The third-order valence-corrected chi connectivity index (χ3v) is 6.78. The highest BCUT2D eigenvalue weighted by atomic mass is 16.5. The molecule has 170 valence electrons. The first-order valence-corrected chi connectivity index (χ1v) is 11.3. The van der Waals surface area contributed by atoms with Crippen molar-refractivity contribution in [3.05, 3.63) is 0 Å². The van der Waals surface area contributed by atoms with Gasteiger partial charge in [0.15, 0.2) is 0 Å². The van der Waals surface area contributed by atoms with E-state index >= 15 is 0 Å². The molecule has 0 unspecified atom stereocenters. The number of carbonyl (C=O) groups excluding carboxylic acids is 2. The average molecular weight is 424 g/mol. The van der Waals surface area contributed by atoms with Gasteiger partial charge in [0.2, 0.25) is 11.8 Å². The van der Waals surface area contributed by atoms with Crippen LogP contribution in [0.4, 0.5) is 4.79 Å². The molecule has 2 heterocycles. The molecule has 8 heteroatoms. The summed E-state index contributed by atoms with van der Waals surface area (Å²) in [4.78, 5) is 43.4. The molecule has 1 N–H and O–H groups in total. The SMILES string of the molecule is CC1CCC(N(C(=O)C(C)(C)C)[C@H]2C[C@@H](C(=O)N3CCOCC3)N(C(=O)O)C2)CC1. The number of carboxylic acid groups (broad SMARTS) is 1. The second-order valence-electron chi connectivity index (χ2n) is 10.2. The molecular formula is C22H37N3O5. The molecule has 8 nitrogen and oxygen atoms in total. The maximum absolute atomic E-state index is 13.4. The van der Waals surface area contributed by atoms with Crippen molar-refractivity contribution in [1.82, 2.24) is 14.7 Å². The molecule has 2 aliphatic heterocycles. The lowest BCUT2D eigenvalue weighted by Crippen LogP contribution is -2.53. The number of carbonyl (C=O) groups is 3. The minimum Gasteiger partial charge on any atom is -0.465 e. The second-order valence-corrected chi connectivity index (χ2v) is 10.2. The molecule has 0 aromatic heterocycles. The van der Waals surface area contributed by atoms with Gasteiger partial charge in [-0.05, 0) is 38.0 Å². The third-order valence-electron chi connectivity index (χ3n) is 6.78. The first-order chi connectivity index (χ1) is 14.1. The number of likely N-dealkylation sites (tertiary alicyclic amines) is 1. The predicted molar refractivity (Wildman–Crippen MR) is 112 cm³/mol. The summed E-state index contributed by atoms with van der Waals surface area (Å²) in [7, 11) is 0. The van der Waals surface area contributed by atoms with Crippen molar-refractivity contribution in [3.63, 3.8) is 0 Å². The molecule has 3 fully saturated rings. The molecular weight excluding hydrogens is 386 g/mol. The number of hydrogen-bond donors (Lipinski definition) is 1. The molecule has 0 aromatic rings. The van der Waals surface area contributed by atoms with Crippen LogP contribution in [-0.4, -0.2) is 88.7 Å². The fourth-order valence-corrected chi connectivity index (χ4v) is 4.99. The van der Waals surface area contributed by atoms with Crippen molar-refractivity contribution in [1.29, 1.82) is 0 Å². The standard InChI is InChI=1S/C22H37N3O5/c1-15-5-7-16(8-6-15)25(20(27)22(2,3)4)17-13-18(24(14-17)21(28)29)19(26)23-9-11-30-12-10-23/h15-18H,5-14H2,1-4H3,(H,28,29)/t15?,16?,17-,18-/m0/s1. The van der Waals surface area contributed by atoms with Crippen molar-refractivity contribution in [2.45, 2.75) is 77.9 Å². The van der Waals surface area contributed by atoms with Gasteiger partial charge < -0.3 is 19.6 Å². The highest BCUT2D eigenvalue weighted by Gasteiger charge is 2.47. The topological polar surface area (TPSA) is 90.4 Å². The fourth-order valence-electron chi connectivity index (χ4n) is 4.99. The van der Waals surface area contributed by atoms with E-state index in [4.69, 9.17) is 4.74 Å². The van der Waals surface area contributed by atoms with E-state index in [0.29, 0.717) is 38.6 Å². The summed E-state index contributed by atoms with van der Waals surface area (Å²) in [6, 6.07) is -0.879. The number of amides is 3. The van der Waals surface area contributed by atoms with Gasteiger partial charge in [-0.25, -0.2) is 4.79 Å². The Morgan fingerprint density at radius 1 is 1.00 bits per heavy atom. The zero-order valence-electron chi connectivity index (χ0n) is 18.8. The van der Waals surface area contributed by atoms with E-state index in [-0.39, 0.29) is 30.4 Å². The van der Waals surface area contributed by atoms with E-state index in [0.717, 1.165) is 25.7 Å². The number of morpholine rings is 1. The maximum Gasteiger partial charge on any atom is 0.408 e. The first kappa shape index (κ1) is 22.8. The Morgan fingerprint density at radius 3 is 2.13 bits per heavy atom. The Labute approximate surface area is 179 Å². The van der Waals surface area contributed by atoms with Crippen LogP contribution in [0.2, 0.25) is 0 Å². The Morgan fingerprint density at radius 2 is 1.60 bits per heavy atom. The van der Waals surface area contributed by atoms with Crippen LogP contribution in [0, 0.1) is 11.3 Å². The number of hydrogen-bond acceptors (Lipinski definition) is 4. The highest BCUT2D eigenvalue weighted by molar-refractivity contribution is 5.87. The monoisotopic (exact) mass is 423 g/mol. The van der Waals surface area contributed by atoms with Gasteiger partial charge in [0.1, 0.15) is 6.04 Å². The van der Waals surface area contributed by atoms with Crippen molar-refractivity contribution in [2.24, 2.45) is 11.3 Å². The van der Waals surface area contributed by atoms with Gasteiger partial charge in [0.25, 0.3) is 0 Å². The Hall–Kier alpha value is -1.83. The molecule has 3 rings (SSSR count). The van der Waals surface area contributed by atoms with Crippen LogP contribution in [0.1, 0.15) is 59.8 Å². The van der Waals surface area contributed by atoms with E-state index in [1.54, 1.807) is 4.90 Å². The lowest BCUT2D eigenvalue weighted by Gasteiger charge is -2.42. The van der Waals surface area contributed by atoms with Crippen LogP contribution >= 0.6 is 0 Å². The van der Waals surface area contributed by atoms with Crippen LogP contribution < -0.4 is 0 Å². The highest BCUT2D eigenvalue weighted by Crippen LogP contribution is 2.35. The Balaban J connectivity index is 1.83. The van der Waals surface area contributed by atoms with Crippen molar-refractivity contribution < 1.29 is 24.2 Å². The number of rotatable bonds is 3. The first-order valence-electron chi connectivity index (χ1n) is 11.3. The molecule has 0 spiro atoms. The van der Waals surface area contributed by atoms with Gasteiger partial charge >= 0.3 is 6.09 Å². The number of ether oxygens (including phenoxy) is 1. The predicted octanol–water partition coefficient (Wildman–Crippen LogP) is 2.42. The number of nitrogens with zero attached hydrogens (tertiary/aromatic N) is 3. The van der Waals surface area contributed by atoms with Gasteiger partial charge in [-0.2, -0.15) is 0 Å². The van der Waals surface area contributed by atoms with E-state index < -0.39 is 17.6 Å². The van der Waals surface area contributed by atoms with Crippen molar-refractivity contribution in [3.8, 4) is 0 Å². The van der Waals surface area contributed by atoms with Gasteiger partial charge in [0, 0.05) is 31.1 Å². The summed E-state index contributed by atoms with van der Waals surface area (Å²) in [6.45, 7) is 10.1. The molecule has 30 heavy (non-hydrogen) atoms. The summed E-state index contributed by atoms with van der Waals surface area (Å²) in [5, 5.41) is 9.80. The summed E-state index contributed by atoms with van der Waals surface area (Å²) in [5.74, 6) is 0.545. The van der Waals surface area contributed by atoms with E-state index in [1.165, 1.54) is 4.90 Å². The van der Waals surface area contributed by atoms with Crippen molar-refractivity contribution >= 4 is 17.9 Å². The summed E-state index contributed by atoms with van der Waals surface area (Å²) < 4.78 is 5.33. The lowest BCUT2D eigenvalue weighted by atomic mass is 9.84. The van der Waals surface area contributed by atoms with Gasteiger partial charge in [0.05, 0.1) is 19.3 Å². The van der Waals surface area contributed by atoms with Crippen LogP contribution in [0.3, 0.4) is 0 Å². The molecule has 0 radical (unpaired) electrons. The average Bonchev–Trinajstić information content (AvgIpc) is 3.14. The van der Waals surface area contributed by atoms with Gasteiger partial charge in [-0.15, -0.1) is 0 Å². The zero-order chi connectivity index (χ0) is 22.1. The molecule has 2 saturated heterocycles.